The topological polar surface area (TPSA) is 59.9 Å². The van der Waals surface area contributed by atoms with Crippen LogP contribution in [0, 0.1) is 0 Å². The maximum absolute atomic E-state index is 10.2. The van der Waals surface area contributed by atoms with Gasteiger partial charge in [-0.2, -0.15) is 5.10 Å². The zero-order valence-corrected chi connectivity index (χ0v) is 15.6. The highest BCUT2D eigenvalue weighted by Gasteiger charge is 2.13. The lowest BCUT2D eigenvalue weighted by Gasteiger charge is -2.26. The minimum Gasteiger partial charge on any atom is -0.508 e. The molecule has 0 aliphatic carbocycles. The van der Waals surface area contributed by atoms with E-state index < -0.39 is 0 Å². The van der Waals surface area contributed by atoms with Crippen molar-refractivity contribution in [2.24, 2.45) is 5.10 Å². The first-order valence-electron chi connectivity index (χ1n) is 8.61. The summed E-state index contributed by atoms with van der Waals surface area (Å²) in [4.78, 5) is 2.40. The number of nitrogens with one attached hydrogen (secondary N) is 2. The van der Waals surface area contributed by atoms with Crippen LogP contribution in [-0.2, 0) is 6.54 Å². The average molecular weight is 349 g/mol. The molecule has 0 unspecified atom stereocenters. The van der Waals surface area contributed by atoms with E-state index in [9.17, 15) is 5.11 Å². The predicted octanol–water partition coefficient (Wildman–Crippen LogP) is 2.97. The number of hydrogen-bond acceptors (Lipinski definition) is 4. The molecule has 5 nitrogen and oxygen atoms in total. The third-order valence-corrected chi connectivity index (χ3v) is 4.29. The molecule has 0 radical (unpaired) electrons. The molecule has 0 bridgehead atoms. The quantitative estimate of drug-likeness (QED) is 0.434. The van der Waals surface area contributed by atoms with Crippen LogP contribution in [0.15, 0.2) is 23.3 Å². The second kappa shape index (κ2) is 8.99. The zero-order chi connectivity index (χ0) is 17.5. The highest BCUT2D eigenvalue weighted by atomic mass is 32.1. The smallest absolute Gasteiger partial charge is 0.187 e. The van der Waals surface area contributed by atoms with Crippen molar-refractivity contribution >= 4 is 23.0 Å². The molecule has 3 N–H and O–H groups in total. The van der Waals surface area contributed by atoms with Gasteiger partial charge in [0, 0.05) is 18.2 Å². The Bertz CT molecular complexity index is 595. The van der Waals surface area contributed by atoms with Gasteiger partial charge in [-0.15, -0.1) is 0 Å². The Hall–Kier alpha value is -1.66. The second-order valence-electron chi connectivity index (χ2n) is 6.62. The lowest BCUT2D eigenvalue weighted by molar-refractivity contribution is 0.218. The summed E-state index contributed by atoms with van der Waals surface area (Å²) in [5.41, 5.74) is 5.64. The molecule has 1 heterocycles. The van der Waals surface area contributed by atoms with Crippen molar-refractivity contribution in [1.29, 1.82) is 0 Å². The highest BCUT2D eigenvalue weighted by Crippen LogP contribution is 2.22. The lowest BCUT2D eigenvalue weighted by Crippen LogP contribution is -2.37. The van der Waals surface area contributed by atoms with Crippen molar-refractivity contribution in [2.75, 3.05) is 13.1 Å². The molecule has 6 heteroatoms. The molecule has 1 saturated heterocycles. The number of likely N-dealkylation sites (tertiary alicyclic amines) is 1. The van der Waals surface area contributed by atoms with E-state index in [1.165, 1.54) is 19.3 Å². The molecular formula is C18H28N4OS. The van der Waals surface area contributed by atoms with Crippen LogP contribution in [0.2, 0.25) is 0 Å². The summed E-state index contributed by atoms with van der Waals surface area (Å²) >= 11 is 5.18. The van der Waals surface area contributed by atoms with Crippen molar-refractivity contribution in [3.63, 3.8) is 0 Å². The van der Waals surface area contributed by atoms with Crippen LogP contribution in [0.5, 0.6) is 5.75 Å². The standard InChI is InChI=1S/C18H28N4OS/c1-13(2)19-18(24)21-20-14(3)15-7-8-17(23)16(11-15)12-22-9-5-4-6-10-22/h7-8,11,13,23H,4-6,9-10,12H2,1-3H3,(H2,19,21,24)/b20-14+. The van der Waals surface area contributed by atoms with E-state index in [1.807, 2.05) is 32.9 Å². The van der Waals surface area contributed by atoms with Crippen LogP contribution < -0.4 is 10.7 Å². The fourth-order valence-corrected chi connectivity index (χ4v) is 3.07. The molecule has 1 fully saturated rings. The predicted molar refractivity (Wildman–Crippen MR) is 103 cm³/mol. The summed E-state index contributed by atoms with van der Waals surface area (Å²) in [7, 11) is 0. The molecule has 2 rings (SSSR count). The van der Waals surface area contributed by atoms with Crippen LogP contribution in [0.25, 0.3) is 0 Å². The van der Waals surface area contributed by atoms with Gasteiger partial charge in [0.2, 0.25) is 0 Å². The van der Waals surface area contributed by atoms with Crippen molar-refractivity contribution in [1.82, 2.24) is 15.6 Å². The summed E-state index contributed by atoms with van der Waals surface area (Å²) in [5, 5.41) is 18.1. The number of hydrazone groups is 1. The van der Waals surface area contributed by atoms with Gasteiger partial charge in [0.15, 0.2) is 5.11 Å². The molecule has 0 aromatic heterocycles. The highest BCUT2D eigenvalue weighted by molar-refractivity contribution is 7.80. The number of nitrogens with zero attached hydrogens (tertiary/aromatic N) is 2. The SMILES string of the molecule is C/C(=N\NC(=S)NC(C)C)c1ccc(O)c(CN2CCCCC2)c1. The van der Waals surface area contributed by atoms with Gasteiger partial charge in [0.05, 0.1) is 5.71 Å². The van der Waals surface area contributed by atoms with Crippen molar-refractivity contribution in [3.8, 4) is 5.75 Å². The number of aromatic hydroxyl groups is 1. The van der Waals surface area contributed by atoms with Gasteiger partial charge in [-0.3, -0.25) is 10.3 Å². The number of hydrogen-bond donors (Lipinski definition) is 3. The Balaban J connectivity index is 2.04. The zero-order valence-electron chi connectivity index (χ0n) is 14.8. The first-order chi connectivity index (χ1) is 11.5. The van der Waals surface area contributed by atoms with E-state index in [0.717, 1.165) is 36.5 Å². The minimum atomic E-state index is 0.269. The first-order valence-corrected chi connectivity index (χ1v) is 9.02. The Labute approximate surface area is 150 Å². The van der Waals surface area contributed by atoms with Crippen LogP contribution in [-0.4, -0.2) is 40.0 Å². The second-order valence-corrected chi connectivity index (χ2v) is 7.03. The maximum atomic E-state index is 10.2. The number of phenolic OH excluding ortho intramolecular Hbond substituents is 1. The third kappa shape index (κ3) is 5.76. The fourth-order valence-electron chi connectivity index (χ4n) is 2.79. The Morgan fingerprint density at radius 2 is 2.00 bits per heavy atom. The Morgan fingerprint density at radius 3 is 2.67 bits per heavy atom. The van der Waals surface area contributed by atoms with E-state index in [2.05, 4.69) is 20.7 Å². The van der Waals surface area contributed by atoms with Crippen LogP contribution in [0.4, 0.5) is 0 Å². The number of rotatable bonds is 5. The monoisotopic (exact) mass is 348 g/mol. The van der Waals surface area contributed by atoms with E-state index in [0.29, 0.717) is 10.9 Å². The molecule has 0 atom stereocenters. The molecule has 1 aliphatic heterocycles. The van der Waals surface area contributed by atoms with Gasteiger partial charge in [-0.1, -0.05) is 6.42 Å². The van der Waals surface area contributed by atoms with E-state index >= 15 is 0 Å². The van der Waals surface area contributed by atoms with E-state index in [-0.39, 0.29) is 6.04 Å². The molecule has 132 valence electrons. The van der Waals surface area contributed by atoms with Gasteiger partial charge in [0.1, 0.15) is 5.75 Å². The van der Waals surface area contributed by atoms with E-state index in [1.54, 1.807) is 6.07 Å². The normalized spacial score (nSPS) is 16.2. The van der Waals surface area contributed by atoms with Crippen LogP contribution in [0.1, 0.15) is 51.2 Å². The summed E-state index contributed by atoms with van der Waals surface area (Å²) in [5.74, 6) is 0.349. The largest absolute Gasteiger partial charge is 0.508 e. The number of piperidine rings is 1. The summed E-state index contributed by atoms with van der Waals surface area (Å²) in [6.07, 6.45) is 3.79. The minimum absolute atomic E-state index is 0.269. The molecule has 0 spiro atoms. The molecule has 1 aromatic carbocycles. The number of benzene rings is 1. The first kappa shape index (κ1) is 18.7. The molecule has 1 aromatic rings. The third-order valence-electron chi connectivity index (χ3n) is 4.08. The number of phenols is 1. The van der Waals surface area contributed by atoms with Gasteiger partial charge in [0.25, 0.3) is 0 Å². The van der Waals surface area contributed by atoms with Gasteiger partial charge in [-0.05, 0) is 82.7 Å². The van der Waals surface area contributed by atoms with Crippen molar-refractivity contribution < 1.29 is 5.11 Å². The van der Waals surface area contributed by atoms with Crippen molar-refractivity contribution in [2.45, 2.75) is 52.6 Å². The Morgan fingerprint density at radius 1 is 1.29 bits per heavy atom. The van der Waals surface area contributed by atoms with Crippen LogP contribution in [0.3, 0.4) is 0 Å². The fraction of sp³-hybridized carbons (Fsp3) is 0.556. The maximum Gasteiger partial charge on any atom is 0.187 e. The molecular weight excluding hydrogens is 320 g/mol. The lowest BCUT2D eigenvalue weighted by atomic mass is 10.0. The molecule has 0 amide bonds. The van der Waals surface area contributed by atoms with Gasteiger partial charge >= 0.3 is 0 Å². The van der Waals surface area contributed by atoms with E-state index in [4.69, 9.17) is 12.2 Å². The summed E-state index contributed by atoms with van der Waals surface area (Å²) in [6.45, 7) is 8.98. The van der Waals surface area contributed by atoms with Gasteiger partial charge < -0.3 is 10.4 Å². The summed E-state index contributed by atoms with van der Waals surface area (Å²) in [6, 6.07) is 5.92. The van der Waals surface area contributed by atoms with Crippen LogP contribution >= 0.6 is 12.2 Å². The Kier molecular flexibility index (Phi) is 6.99. The molecule has 0 saturated carbocycles. The summed E-state index contributed by atoms with van der Waals surface area (Å²) < 4.78 is 0. The van der Waals surface area contributed by atoms with Crippen molar-refractivity contribution in [3.05, 3.63) is 29.3 Å². The molecule has 1 aliphatic rings. The molecule has 24 heavy (non-hydrogen) atoms. The number of thiocarbonyl (C=S) groups is 1. The van der Waals surface area contributed by atoms with Gasteiger partial charge in [-0.25, -0.2) is 0 Å². The average Bonchev–Trinajstić information content (AvgIpc) is 2.55.